The maximum absolute atomic E-state index is 5.79. The Morgan fingerprint density at radius 3 is 2.68 bits per heavy atom. The number of benzene rings is 1. The summed E-state index contributed by atoms with van der Waals surface area (Å²) in [6.45, 7) is 4.57. The number of para-hydroxylation sites is 2. The van der Waals surface area contributed by atoms with Crippen LogP contribution in [0.3, 0.4) is 0 Å². The minimum Gasteiger partial charge on any atom is -0.439 e. The lowest BCUT2D eigenvalue weighted by molar-refractivity contribution is 0.228. The first kappa shape index (κ1) is 13.3. The van der Waals surface area contributed by atoms with Crippen LogP contribution in [0.2, 0.25) is 0 Å². The van der Waals surface area contributed by atoms with Crippen molar-refractivity contribution in [3.8, 4) is 0 Å². The Bertz CT molecular complexity index is 738. The van der Waals surface area contributed by atoms with Crippen molar-refractivity contribution in [2.75, 3.05) is 31.1 Å². The fourth-order valence-corrected chi connectivity index (χ4v) is 2.79. The molecule has 0 atom stereocenters. The summed E-state index contributed by atoms with van der Waals surface area (Å²) in [7, 11) is 1.89. The molecule has 0 radical (unpaired) electrons. The zero-order chi connectivity index (χ0) is 14.9. The van der Waals surface area contributed by atoms with Crippen molar-refractivity contribution >= 4 is 16.9 Å². The topological polar surface area (TPSA) is 63.2 Å². The summed E-state index contributed by atoms with van der Waals surface area (Å²) in [5.41, 5.74) is 1.78. The summed E-state index contributed by atoms with van der Waals surface area (Å²) in [6.07, 6.45) is 1.95. The summed E-state index contributed by atoms with van der Waals surface area (Å²) in [5.74, 6) is 1.73. The summed E-state index contributed by atoms with van der Waals surface area (Å²) in [4.78, 5) is 9.16. The lowest BCUT2D eigenvalue weighted by atomic mass is 10.3. The van der Waals surface area contributed by atoms with Gasteiger partial charge in [-0.3, -0.25) is 9.58 Å². The fraction of sp³-hybridized carbons (Fsp3) is 0.400. The Balaban J connectivity index is 1.39. The van der Waals surface area contributed by atoms with Crippen molar-refractivity contribution in [2.45, 2.75) is 6.54 Å². The van der Waals surface area contributed by atoms with Crippen LogP contribution in [-0.4, -0.2) is 51.1 Å². The van der Waals surface area contributed by atoms with Crippen molar-refractivity contribution in [2.24, 2.45) is 7.05 Å². The first-order valence-corrected chi connectivity index (χ1v) is 7.46. The molecule has 0 aliphatic carbocycles. The van der Waals surface area contributed by atoms with Gasteiger partial charge in [0.05, 0.1) is 12.7 Å². The highest BCUT2D eigenvalue weighted by Gasteiger charge is 2.20. The number of aryl methyl sites for hydroxylation is 1. The van der Waals surface area contributed by atoms with E-state index in [1.807, 2.05) is 37.5 Å². The van der Waals surface area contributed by atoms with Crippen molar-refractivity contribution in [3.05, 3.63) is 36.4 Å². The second-order valence-electron chi connectivity index (χ2n) is 5.59. The largest absolute Gasteiger partial charge is 0.439 e. The predicted molar refractivity (Wildman–Crippen MR) is 82.5 cm³/mol. The molecule has 1 fully saturated rings. The van der Waals surface area contributed by atoms with Gasteiger partial charge in [-0.15, -0.1) is 5.10 Å². The van der Waals surface area contributed by atoms with Crippen molar-refractivity contribution < 1.29 is 4.42 Å². The van der Waals surface area contributed by atoms with Crippen LogP contribution in [0.25, 0.3) is 11.1 Å². The van der Waals surface area contributed by atoms with Gasteiger partial charge >= 0.3 is 0 Å². The van der Waals surface area contributed by atoms with E-state index in [0.717, 1.165) is 55.5 Å². The van der Waals surface area contributed by atoms with Crippen LogP contribution in [-0.2, 0) is 13.6 Å². The summed E-state index contributed by atoms with van der Waals surface area (Å²) in [5, 5.41) is 8.16. The number of aromatic nitrogens is 4. The third-order valence-electron chi connectivity index (χ3n) is 3.98. The number of nitrogens with zero attached hydrogens (tertiary/aromatic N) is 6. The maximum Gasteiger partial charge on any atom is 0.209 e. The van der Waals surface area contributed by atoms with Crippen LogP contribution in [0.4, 0.5) is 5.82 Å². The van der Waals surface area contributed by atoms with E-state index in [9.17, 15) is 0 Å². The first-order chi connectivity index (χ1) is 10.8. The highest BCUT2D eigenvalue weighted by Crippen LogP contribution is 2.17. The summed E-state index contributed by atoms with van der Waals surface area (Å²) in [6, 6.07) is 7.89. The van der Waals surface area contributed by atoms with Gasteiger partial charge in [-0.2, -0.15) is 0 Å². The molecular weight excluding hydrogens is 280 g/mol. The molecule has 0 unspecified atom stereocenters. The summed E-state index contributed by atoms with van der Waals surface area (Å²) < 4.78 is 7.53. The number of anilines is 1. The second-order valence-corrected chi connectivity index (χ2v) is 5.59. The average molecular weight is 298 g/mol. The number of rotatable bonds is 3. The number of piperazine rings is 1. The van der Waals surface area contributed by atoms with E-state index in [2.05, 4.69) is 25.1 Å². The molecule has 0 bridgehead atoms. The monoisotopic (exact) mass is 298 g/mol. The van der Waals surface area contributed by atoms with Crippen LogP contribution >= 0.6 is 0 Å². The minimum atomic E-state index is 0.753. The Kier molecular flexibility index (Phi) is 3.27. The van der Waals surface area contributed by atoms with Crippen LogP contribution in [0, 0.1) is 0 Å². The molecule has 0 amide bonds. The van der Waals surface area contributed by atoms with Crippen molar-refractivity contribution in [3.63, 3.8) is 0 Å². The molecule has 7 nitrogen and oxygen atoms in total. The molecule has 4 rings (SSSR count). The molecule has 3 heterocycles. The highest BCUT2D eigenvalue weighted by molar-refractivity contribution is 5.72. The molecule has 1 aliphatic rings. The predicted octanol–water partition coefficient (Wildman–Crippen LogP) is 1.28. The fourth-order valence-electron chi connectivity index (χ4n) is 2.79. The first-order valence-electron chi connectivity index (χ1n) is 7.46. The molecule has 3 aromatic rings. The standard InChI is InChI=1S/C15H18N6O/c1-19-10-14(17-18-19)21-8-6-20(7-9-21)11-15-16-12-4-2-3-5-13(12)22-15/h2-5,10H,6-9,11H2,1H3. The molecule has 114 valence electrons. The zero-order valence-corrected chi connectivity index (χ0v) is 12.5. The van der Waals surface area contributed by atoms with E-state index in [1.54, 1.807) is 4.68 Å². The number of fused-ring (bicyclic) bond motifs is 1. The van der Waals surface area contributed by atoms with Gasteiger partial charge in [0.2, 0.25) is 5.89 Å². The van der Waals surface area contributed by atoms with Gasteiger partial charge in [0, 0.05) is 33.2 Å². The Hall–Kier alpha value is -2.41. The van der Waals surface area contributed by atoms with Gasteiger partial charge in [-0.05, 0) is 12.1 Å². The molecular formula is C15H18N6O. The molecule has 1 aromatic carbocycles. The van der Waals surface area contributed by atoms with Crippen molar-refractivity contribution in [1.29, 1.82) is 0 Å². The van der Waals surface area contributed by atoms with Crippen LogP contribution < -0.4 is 4.90 Å². The lowest BCUT2D eigenvalue weighted by Crippen LogP contribution is -2.46. The molecule has 0 saturated carbocycles. The van der Waals surface area contributed by atoms with Gasteiger partial charge in [0.25, 0.3) is 0 Å². The van der Waals surface area contributed by atoms with Gasteiger partial charge in [-0.25, -0.2) is 4.98 Å². The SMILES string of the molecule is Cn1cc(N2CCN(Cc3nc4ccccc4o3)CC2)nn1. The number of hydrogen-bond acceptors (Lipinski definition) is 6. The summed E-state index contributed by atoms with van der Waals surface area (Å²) >= 11 is 0. The quantitative estimate of drug-likeness (QED) is 0.726. The van der Waals surface area contributed by atoms with E-state index in [-0.39, 0.29) is 0 Å². The van der Waals surface area contributed by atoms with Crippen molar-refractivity contribution in [1.82, 2.24) is 24.9 Å². The zero-order valence-electron chi connectivity index (χ0n) is 12.5. The molecule has 0 N–H and O–H groups in total. The van der Waals surface area contributed by atoms with Gasteiger partial charge in [-0.1, -0.05) is 17.3 Å². The Morgan fingerprint density at radius 1 is 1.14 bits per heavy atom. The van der Waals surface area contributed by atoms with E-state index < -0.39 is 0 Å². The molecule has 0 spiro atoms. The second kappa shape index (κ2) is 5.42. The Labute approximate surface area is 128 Å². The van der Waals surface area contributed by atoms with Crippen LogP contribution in [0.15, 0.2) is 34.9 Å². The number of hydrogen-bond donors (Lipinski definition) is 0. The lowest BCUT2D eigenvalue weighted by Gasteiger charge is -2.33. The van der Waals surface area contributed by atoms with Crippen LogP contribution in [0.1, 0.15) is 5.89 Å². The molecule has 7 heteroatoms. The van der Waals surface area contributed by atoms with Gasteiger partial charge in [0.15, 0.2) is 11.4 Å². The normalized spacial score (nSPS) is 16.5. The smallest absolute Gasteiger partial charge is 0.209 e. The number of oxazole rings is 1. The Morgan fingerprint density at radius 2 is 1.95 bits per heavy atom. The highest BCUT2D eigenvalue weighted by atomic mass is 16.3. The molecule has 1 saturated heterocycles. The molecule has 1 aliphatic heterocycles. The van der Waals surface area contributed by atoms with Crippen LogP contribution in [0.5, 0.6) is 0 Å². The van der Waals surface area contributed by atoms with E-state index in [1.165, 1.54) is 0 Å². The van der Waals surface area contributed by atoms with E-state index >= 15 is 0 Å². The van der Waals surface area contributed by atoms with E-state index in [4.69, 9.17) is 4.42 Å². The average Bonchev–Trinajstić information content (AvgIpc) is 3.13. The van der Waals surface area contributed by atoms with Gasteiger partial charge < -0.3 is 9.32 Å². The minimum absolute atomic E-state index is 0.753. The molecule has 22 heavy (non-hydrogen) atoms. The molecule has 2 aromatic heterocycles. The van der Waals surface area contributed by atoms with E-state index in [0.29, 0.717) is 0 Å². The third-order valence-corrected chi connectivity index (χ3v) is 3.98. The maximum atomic E-state index is 5.79. The third kappa shape index (κ3) is 2.55. The van der Waals surface area contributed by atoms with Gasteiger partial charge in [0.1, 0.15) is 5.52 Å².